The highest BCUT2D eigenvalue weighted by atomic mass is 127. The Morgan fingerprint density at radius 1 is 1.43 bits per heavy atom. The SMILES string of the molecule is O=[N+]([O-])c1cc2cc(S)c(I)cc2s1. The van der Waals surface area contributed by atoms with Crippen LogP contribution in [0.15, 0.2) is 23.1 Å². The molecule has 2 rings (SSSR count). The maximum atomic E-state index is 10.5. The van der Waals surface area contributed by atoms with Crippen LogP contribution in [0.1, 0.15) is 0 Å². The van der Waals surface area contributed by atoms with Crippen molar-refractivity contribution < 1.29 is 4.92 Å². The van der Waals surface area contributed by atoms with Crippen LogP contribution in [0.2, 0.25) is 0 Å². The van der Waals surface area contributed by atoms with E-state index in [-0.39, 0.29) is 9.92 Å². The molecule has 0 aliphatic heterocycles. The minimum atomic E-state index is -0.365. The molecule has 0 saturated carbocycles. The number of hydrogen-bond donors (Lipinski definition) is 1. The van der Waals surface area contributed by atoms with E-state index in [1.54, 1.807) is 6.07 Å². The second kappa shape index (κ2) is 3.67. The lowest BCUT2D eigenvalue weighted by molar-refractivity contribution is -0.380. The van der Waals surface area contributed by atoms with Crippen molar-refractivity contribution in [3.8, 4) is 0 Å². The Balaban J connectivity index is 2.72. The van der Waals surface area contributed by atoms with Crippen molar-refractivity contribution in [3.63, 3.8) is 0 Å². The van der Waals surface area contributed by atoms with Gasteiger partial charge < -0.3 is 0 Å². The molecule has 6 heteroatoms. The molecule has 1 aromatic carbocycles. The van der Waals surface area contributed by atoms with Crippen LogP contribution >= 0.6 is 46.6 Å². The minimum Gasteiger partial charge on any atom is -0.258 e. The van der Waals surface area contributed by atoms with Crippen molar-refractivity contribution in [1.29, 1.82) is 0 Å². The summed E-state index contributed by atoms with van der Waals surface area (Å²) in [7, 11) is 0. The summed E-state index contributed by atoms with van der Waals surface area (Å²) >= 11 is 7.61. The molecule has 0 N–H and O–H groups in total. The first kappa shape index (κ1) is 10.2. The highest BCUT2D eigenvalue weighted by Crippen LogP contribution is 2.34. The van der Waals surface area contributed by atoms with E-state index in [1.165, 1.54) is 11.3 Å². The van der Waals surface area contributed by atoms with Gasteiger partial charge in [-0.2, -0.15) is 0 Å². The van der Waals surface area contributed by atoms with E-state index >= 15 is 0 Å². The lowest BCUT2D eigenvalue weighted by Crippen LogP contribution is -1.80. The molecule has 0 amide bonds. The average Bonchev–Trinajstić information content (AvgIpc) is 2.48. The number of rotatable bonds is 1. The Morgan fingerprint density at radius 2 is 2.14 bits per heavy atom. The summed E-state index contributed by atoms with van der Waals surface area (Å²) in [5.41, 5.74) is 0. The molecule has 3 nitrogen and oxygen atoms in total. The quantitative estimate of drug-likeness (QED) is 0.373. The molecule has 14 heavy (non-hydrogen) atoms. The molecule has 0 radical (unpaired) electrons. The van der Waals surface area contributed by atoms with Crippen molar-refractivity contribution in [3.05, 3.63) is 31.9 Å². The third-order valence-electron chi connectivity index (χ3n) is 1.75. The van der Waals surface area contributed by atoms with E-state index in [0.29, 0.717) is 0 Å². The van der Waals surface area contributed by atoms with Crippen LogP contribution in [0.5, 0.6) is 0 Å². The molecular weight excluding hydrogens is 333 g/mol. The summed E-state index contributed by atoms with van der Waals surface area (Å²) in [5, 5.41) is 11.6. The number of halogens is 1. The van der Waals surface area contributed by atoms with Gasteiger partial charge in [0.1, 0.15) is 0 Å². The Morgan fingerprint density at radius 3 is 2.79 bits per heavy atom. The first-order valence-corrected chi connectivity index (χ1v) is 5.98. The third kappa shape index (κ3) is 1.73. The van der Waals surface area contributed by atoms with Gasteiger partial charge >= 0.3 is 5.00 Å². The van der Waals surface area contributed by atoms with Crippen LogP contribution in [0.4, 0.5) is 5.00 Å². The first-order valence-electron chi connectivity index (χ1n) is 3.64. The Kier molecular flexibility index (Phi) is 2.67. The van der Waals surface area contributed by atoms with Crippen molar-refractivity contribution in [2.75, 3.05) is 0 Å². The fourth-order valence-electron chi connectivity index (χ4n) is 1.13. The molecule has 1 heterocycles. The van der Waals surface area contributed by atoms with Crippen LogP contribution in [-0.2, 0) is 0 Å². The lowest BCUT2D eigenvalue weighted by Gasteiger charge is -1.95. The fraction of sp³-hybridized carbons (Fsp3) is 0. The van der Waals surface area contributed by atoms with Crippen LogP contribution in [0, 0.1) is 13.7 Å². The van der Waals surface area contributed by atoms with Gasteiger partial charge in [0.25, 0.3) is 0 Å². The molecule has 0 atom stereocenters. The number of fused-ring (bicyclic) bond motifs is 1. The molecule has 0 bridgehead atoms. The van der Waals surface area contributed by atoms with Gasteiger partial charge in [0.05, 0.1) is 4.92 Å². The number of nitro groups is 1. The van der Waals surface area contributed by atoms with Crippen LogP contribution in [-0.4, -0.2) is 4.92 Å². The maximum Gasteiger partial charge on any atom is 0.325 e. The van der Waals surface area contributed by atoms with Gasteiger partial charge in [-0.3, -0.25) is 10.1 Å². The fourth-order valence-corrected chi connectivity index (χ4v) is 2.91. The number of nitrogens with zero attached hydrogens (tertiary/aromatic N) is 1. The van der Waals surface area contributed by atoms with Gasteiger partial charge in [-0.25, -0.2) is 0 Å². The molecule has 0 spiro atoms. The number of thiol groups is 1. The van der Waals surface area contributed by atoms with Gasteiger partial charge in [0.15, 0.2) is 0 Å². The van der Waals surface area contributed by atoms with Crippen molar-refractivity contribution in [2.24, 2.45) is 0 Å². The molecular formula is C8H4INO2S2. The van der Waals surface area contributed by atoms with Crippen molar-refractivity contribution in [1.82, 2.24) is 0 Å². The summed E-state index contributed by atoms with van der Waals surface area (Å²) < 4.78 is 1.94. The smallest absolute Gasteiger partial charge is 0.258 e. The zero-order valence-corrected chi connectivity index (χ0v) is 10.6. The van der Waals surface area contributed by atoms with Gasteiger partial charge in [-0.15, -0.1) is 12.6 Å². The van der Waals surface area contributed by atoms with E-state index in [2.05, 4.69) is 35.2 Å². The van der Waals surface area contributed by atoms with Crippen LogP contribution in [0.3, 0.4) is 0 Å². The summed E-state index contributed by atoms with van der Waals surface area (Å²) in [6.45, 7) is 0. The van der Waals surface area contributed by atoms with Crippen LogP contribution in [0.25, 0.3) is 10.1 Å². The number of benzene rings is 1. The largest absolute Gasteiger partial charge is 0.325 e. The molecule has 1 aromatic heterocycles. The topological polar surface area (TPSA) is 43.1 Å². The lowest BCUT2D eigenvalue weighted by atomic mass is 10.3. The summed E-state index contributed by atoms with van der Waals surface area (Å²) in [4.78, 5) is 11.0. The first-order chi connectivity index (χ1) is 6.58. The zero-order valence-electron chi connectivity index (χ0n) is 6.73. The van der Waals surface area contributed by atoms with E-state index in [1.807, 2.05) is 12.1 Å². The third-order valence-corrected chi connectivity index (χ3v) is 4.49. The van der Waals surface area contributed by atoms with E-state index in [0.717, 1.165) is 18.6 Å². The monoisotopic (exact) mass is 337 g/mol. The molecule has 0 aliphatic carbocycles. The van der Waals surface area contributed by atoms with Gasteiger partial charge in [-0.1, -0.05) is 11.3 Å². The number of thiophene rings is 1. The van der Waals surface area contributed by atoms with E-state index < -0.39 is 0 Å². The predicted octanol–water partition coefficient (Wildman–Crippen LogP) is 3.70. The molecule has 2 aromatic rings. The normalized spacial score (nSPS) is 10.7. The van der Waals surface area contributed by atoms with Gasteiger partial charge in [0, 0.05) is 24.6 Å². The Bertz CT molecular complexity index is 484. The minimum absolute atomic E-state index is 0.176. The van der Waals surface area contributed by atoms with E-state index in [9.17, 15) is 10.1 Å². The van der Waals surface area contributed by atoms with Crippen molar-refractivity contribution >= 4 is 61.6 Å². The number of hydrogen-bond acceptors (Lipinski definition) is 4. The van der Waals surface area contributed by atoms with Gasteiger partial charge in [-0.05, 0) is 34.7 Å². The van der Waals surface area contributed by atoms with E-state index in [4.69, 9.17) is 0 Å². The summed E-state index contributed by atoms with van der Waals surface area (Å²) in [5.74, 6) is 0. The van der Waals surface area contributed by atoms with Crippen molar-refractivity contribution in [2.45, 2.75) is 4.90 Å². The predicted molar refractivity (Wildman–Crippen MR) is 68.4 cm³/mol. The molecule has 0 aliphatic rings. The second-order valence-corrected chi connectivity index (χ2v) is 5.39. The maximum absolute atomic E-state index is 10.5. The highest BCUT2D eigenvalue weighted by molar-refractivity contribution is 14.1. The Labute approximate surface area is 103 Å². The standard InChI is InChI=1S/C8H4INO2S2/c9-5-3-7-4(1-6(5)13)2-8(14-7)10(11)12/h1-3,13H. The highest BCUT2D eigenvalue weighted by Gasteiger charge is 2.12. The summed E-state index contributed by atoms with van der Waals surface area (Å²) in [6, 6.07) is 5.34. The summed E-state index contributed by atoms with van der Waals surface area (Å²) in [6.07, 6.45) is 0. The molecule has 0 saturated heterocycles. The molecule has 0 fully saturated rings. The van der Waals surface area contributed by atoms with Crippen LogP contribution < -0.4 is 0 Å². The second-order valence-electron chi connectivity index (χ2n) is 2.68. The van der Waals surface area contributed by atoms with Gasteiger partial charge in [0.2, 0.25) is 0 Å². The average molecular weight is 337 g/mol. The molecule has 0 unspecified atom stereocenters. The molecule has 72 valence electrons. The Hall–Kier alpha value is -0.340. The zero-order chi connectivity index (χ0) is 10.3.